The molecule has 0 spiro atoms. The van der Waals surface area contributed by atoms with Crippen molar-refractivity contribution in [3.05, 3.63) is 0 Å². The predicted octanol–water partition coefficient (Wildman–Crippen LogP) is 0.781. The summed E-state index contributed by atoms with van der Waals surface area (Å²) in [5.74, 6) is -1.11. The summed E-state index contributed by atoms with van der Waals surface area (Å²) in [5.41, 5.74) is -0.466. The maximum atomic E-state index is 10.7. The molecule has 1 saturated heterocycles. The molecule has 2 N–H and O–H groups in total. The molecule has 0 aromatic carbocycles. The largest absolute Gasteiger partial charge is 0.479 e. The number of carbonyl (C=O) groups is 1. The van der Waals surface area contributed by atoms with E-state index in [-0.39, 0.29) is 6.10 Å². The Bertz CT molecular complexity index is 228. The first-order valence-corrected chi connectivity index (χ1v) is 5.19. The zero-order valence-electron chi connectivity index (χ0n) is 8.11. The van der Waals surface area contributed by atoms with E-state index in [1.54, 1.807) is 0 Å². The van der Waals surface area contributed by atoms with Gasteiger partial charge < -0.3 is 14.9 Å². The maximum absolute atomic E-state index is 10.7. The topological polar surface area (TPSA) is 66.8 Å². The van der Waals surface area contributed by atoms with Crippen molar-refractivity contribution in [1.29, 1.82) is 0 Å². The minimum atomic E-state index is -1.24. The number of rotatable bonds is 3. The molecule has 2 rings (SSSR count). The quantitative estimate of drug-likeness (QED) is 0.706. The highest BCUT2D eigenvalue weighted by molar-refractivity contribution is 5.74. The van der Waals surface area contributed by atoms with Gasteiger partial charge in [-0.2, -0.15) is 0 Å². The number of aliphatic hydroxyl groups is 1. The number of carboxylic acids is 1. The number of aliphatic carboxylic acids is 1. The van der Waals surface area contributed by atoms with Gasteiger partial charge in [0.15, 0.2) is 6.10 Å². The van der Waals surface area contributed by atoms with Gasteiger partial charge in [0.1, 0.15) is 0 Å². The fourth-order valence-corrected chi connectivity index (χ4v) is 2.36. The second kappa shape index (κ2) is 3.51. The van der Waals surface area contributed by atoms with Crippen LogP contribution in [0.2, 0.25) is 0 Å². The first-order valence-electron chi connectivity index (χ1n) is 5.19. The summed E-state index contributed by atoms with van der Waals surface area (Å²) in [6, 6.07) is 0. The van der Waals surface area contributed by atoms with Gasteiger partial charge in [0.25, 0.3) is 0 Å². The van der Waals surface area contributed by atoms with E-state index in [2.05, 4.69) is 0 Å². The predicted molar refractivity (Wildman–Crippen MR) is 48.9 cm³/mol. The molecule has 1 heterocycles. The van der Waals surface area contributed by atoms with Gasteiger partial charge in [-0.15, -0.1) is 0 Å². The van der Waals surface area contributed by atoms with Crippen LogP contribution in [0, 0.1) is 5.41 Å². The van der Waals surface area contributed by atoms with Crippen molar-refractivity contribution in [1.82, 2.24) is 0 Å². The van der Waals surface area contributed by atoms with Crippen LogP contribution in [-0.4, -0.2) is 35.0 Å². The van der Waals surface area contributed by atoms with Gasteiger partial charge in [-0.3, -0.25) is 0 Å². The molecule has 1 aliphatic heterocycles. The molecule has 0 bridgehead atoms. The lowest BCUT2D eigenvalue weighted by Crippen LogP contribution is -2.41. The molecule has 0 amide bonds. The van der Waals surface area contributed by atoms with Gasteiger partial charge in [-0.05, 0) is 32.1 Å². The average molecular weight is 200 g/mol. The van der Waals surface area contributed by atoms with E-state index in [1.807, 2.05) is 0 Å². The summed E-state index contributed by atoms with van der Waals surface area (Å²) >= 11 is 0. The molecule has 0 radical (unpaired) electrons. The van der Waals surface area contributed by atoms with E-state index in [4.69, 9.17) is 9.84 Å². The molecular formula is C10H16O4. The SMILES string of the molecule is O=C(O)C(O)C1(C2CCCCO2)CC1. The minimum absolute atomic E-state index is 0.0395. The number of ether oxygens (including phenoxy) is 1. The van der Waals surface area contributed by atoms with Gasteiger partial charge in [-0.1, -0.05) is 0 Å². The van der Waals surface area contributed by atoms with Crippen LogP contribution in [-0.2, 0) is 9.53 Å². The lowest BCUT2D eigenvalue weighted by atomic mass is 9.87. The van der Waals surface area contributed by atoms with Crippen molar-refractivity contribution in [3.63, 3.8) is 0 Å². The van der Waals surface area contributed by atoms with E-state index in [0.717, 1.165) is 32.1 Å². The molecule has 2 unspecified atom stereocenters. The van der Waals surface area contributed by atoms with Crippen LogP contribution in [0.1, 0.15) is 32.1 Å². The summed E-state index contributed by atoms with van der Waals surface area (Å²) < 4.78 is 5.55. The van der Waals surface area contributed by atoms with Crippen LogP contribution in [0.4, 0.5) is 0 Å². The Balaban J connectivity index is 2.03. The molecule has 2 atom stereocenters. The highest BCUT2D eigenvalue weighted by atomic mass is 16.5. The first kappa shape index (κ1) is 9.93. The van der Waals surface area contributed by atoms with Crippen molar-refractivity contribution in [3.8, 4) is 0 Å². The molecule has 4 heteroatoms. The Morgan fingerprint density at radius 2 is 2.14 bits per heavy atom. The fraction of sp³-hybridized carbons (Fsp3) is 0.900. The van der Waals surface area contributed by atoms with E-state index in [0.29, 0.717) is 6.61 Å². The molecular weight excluding hydrogens is 184 g/mol. The number of carboxylic acid groups (broad SMARTS) is 1. The summed E-state index contributed by atoms with van der Waals surface area (Å²) in [4.78, 5) is 10.7. The third-order valence-electron chi connectivity index (χ3n) is 3.43. The normalized spacial score (nSPS) is 32.2. The van der Waals surface area contributed by atoms with Crippen LogP contribution in [0.3, 0.4) is 0 Å². The van der Waals surface area contributed by atoms with E-state index < -0.39 is 17.5 Å². The van der Waals surface area contributed by atoms with Crippen molar-refractivity contribution in [2.24, 2.45) is 5.41 Å². The second-order valence-electron chi connectivity index (χ2n) is 4.33. The number of aliphatic hydroxyl groups excluding tert-OH is 1. The third-order valence-corrected chi connectivity index (χ3v) is 3.43. The smallest absolute Gasteiger partial charge is 0.333 e. The van der Waals surface area contributed by atoms with Crippen LogP contribution in [0.25, 0.3) is 0 Å². The van der Waals surface area contributed by atoms with Gasteiger partial charge in [0.05, 0.1) is 6.10 Å². The Kier molecular flexibility index (Phi) is 2.49. The Morgan fingerprint density at radius 3 is 2.57 bits per heavy atom. The van der Waals surface area contributed by atoms with E-state index in [1.165, 1.54) is 0 Å². The number of hydrogen-bond donors (Lipinski definition) is 2. The van der Waals surface area contributed by atoms with Crippen LogP contribution >= 0.6 is 0 Å². The average Bonchev–Trinajstić information content (AvgIpc) is 2.99. The highest BCUT2D eigenvalue weighted by Crippen LogP contribution is 2.54. The van der Waals surface area contributed by atoms with Gasteiger partial charge in [0.2, 0.25) is 0 Å². The maximum Gasteiger partial charge on any atom is 0.333 e. The fourth-order valence-electron chi connectivity index (χ4n) is 2.36. The molecule has 2 aliphatic rings. The van der Waals surface area contributed by atoms with E-state index in [9.17, 15) is 9.90 Å². The molecule has 1 saturated carbocycles. The monoisotopic (exact) mass is 200 g/mol. The van der Waals surface area contributed by atoms with Crippen molar-refractivity contribution < 1.29 is 19.7 Å². The van der Waals surface area contributed by atoms with Crippen molar-refractivity contribution in [2.45, 2.75) is 44.3 Å². The molecule has 1 aliphatic carbocycles. The Hall–Kier alpha value is -0.610. The van der Waals surface area contributed by atoms with Gasteiger partial charge in [-0.25, -0.2) is 4.79 Å². The summed E-state index contributed by atoms with van der Waals surface area (Å²) in [5, 5.41) is 18.4. The Labute approximate surface area is 82.9 Å². The zero-order valence-corrected chi connectivity index (χ0v) is 8.11. The standard InChI is InChI=1S/C10H16O4/c11-8(9(12)13)10(4-5-10)7-3-1-2-6-14-7/h7-8,11H,1-6H2,(H,12,13). The van der Waals surface area contributed by atoms with Crippen LogP contribution < -0.4 is 0 Å². The molecule has 2 fully saturated rings. The molecule has 80 valence electrons. The van der Waals surface area contributed by atoms with Crippen LogP contribution in [0.15, 0.2) is 0 Å². The van der Waals surface area contributed by atoms with E-state index >= 15 is 0 Å². The van der Waals surface area contributed by atoms with Crippen LogP contribution in [0.5, 0.6) is 0 Å². The van der Waals surface area contributed by atoms with Crippen molar-refractivity contribution >= 4 is 5.97 Å². The second-order valence-corrected chi connectivity index (χ2v) is 4.33. The van der Waals surface area contributed by atoms with Crippen molar-refractivity contribution in [2.75, 3.05) is 6.61 Å². The summed E-state index contributed by atoms with van der Waals surface area (Å²) in [6.07, 6.45) is 3.31. The first-order chi connectivity index (χ1) is 6.67. The summed E-state index contributed by atoms with van der Waals surface area (Å²) in [7, 11) is 0. The van der Waals surface area contributed by atoms with Gasteiger partial charge >= 0.3 is 5.97 Å². The number of hydrogen-bond acceptors (Lipinski definition) is 3. The lowest BCUT2D eigenvalue weighted by Gasteiger charge is -2.32. The minimum Gasteiger partial charge on any atom is -0.479 e. The molecule has 4 nitrogen and oxygen atoms in total. The Morgan fingerprint density at radius 1 is 1.43 bits per heavy atom. The molecule has 0 aromatic rings. The molecule has 14 heavy (non-hydrogen) atoms. The third kappa shape index (κ3) is 1.53. The summed E-state index contributed by atoms with van der Waals surface area (Å²) in [6.45, 7) is 0.707. The lowest BCUT2D eigenvalue weighted by molar-refractivity contribution is -0.157. The molecule has 0 aromatic heterocycles. The highest BCUT2D eigenvalue weighted by Gasteiger charge is 2.58. The van der Waals surface area contributed by atoms with Gasteiger partial charge in [0, 0.05) is 12.0 Å². The zero-order chi connectivity index (χ0) is 10.2.